The first-order valence-electron chi connectivity index (χ1n) is 13.2. The van der Waals surface area contributed by atoms with Crippen molar-refractivity contribution in [3.8, 4) is 11.5 Å². The van der Waals surface area contributed by atoms with E-state index in [0.29, 0.717) is 31.1 Å². The molecule has 0 N–H and O–H groups in total. The van der Waals surface area contributed by atoms with Crippen molar-refractivity contribution in [2.24, 2.45) is 0 Å². The van der Waals surface area contributed by atoms with Crippen LogP contribution in [0.1, 0.15) is 85.5 Å². The molecule has 3 aliphatic rings. The molecule has 3 unspecified atom stereocenters. The highest BCUT2D eigenvalue weighted by molar-refractivity contribution is 6.01. The molecule has 3 aliphatic heterocycles. The van der Waals surface area contributed by atoms with Crippen LogP contribution >= 0.6 is 0 Å². The lowest BCUT2D eigenvalue weighted by Gasteiger charge is -2.47. The third-order valence-electron chi connectivity index (χ3n) is 7.83. The van der Waals surface area contributed by atoms with Crippen molar-refractivity contribution < 1.29 is 19.1 Å². The van der Waals surface area contributed by atoms with Gasteiger partial charge in [0.05, 0.1) is 25.2 Å². The number of carbonyl (C=O) groups excluding carboxylic acids is 2. The Morgan fingerprint density at radius 1 is 0.971 bits per heavy atom. The standard InChI is InChI=1S/C29H36N2O4/c1-4-20-11-9-10-15-30(20)29(33)26-21-12-7-8-13-22(21)28(32)31-16-14-19-17-24(34-5-2)25(35-6-3)18-23(19)27(26)31/h7-8,12-13,17-18,20,26-27H,4-6,9-11,14-16H2,1-3H3. The van der Waals surface area contributed by atoms with Gasteiger partial charge in [-0.3, -0.25) is 9.59 Å². The van der Waals surface area contributed by atoms with Crippen molar-refractivity contribution in [1.82, 2.24) is 9.80 Å². The molecule has 6 nitrogen and oxygen atoms in total. The van der Waals surface area contributed by atoms with E-state index in [1.807, 2.05) is 49.1 Å². The van der Waals surface area contributed by atoms with E-state index < -0.39 is 5.92 Å². The number of benzene rings is 2. The number of nitrogens with zero attached hydrogens (tertiary/aromatic N) is 2. The molecule has 3 atom stereocenters. The second-order valence-electron chi connectivity index (χ2n) is 9.71. The van der Waals surface area contributed by atoms with E-state index >= 15 is 0 Å². The summed E-state index contributed by atoms with van der Waals surface area (Å²) in [7, 11) is 0. The largest absolute Gasteiger partial charge is 0.490 e. The van der Waals surface area contributed by atoms with Gasteiger partial charge in [-0.15, -0.1) is 0 Å². The Balaban J connectivity index is 1.66. The summed E-state index contributed by atoms with van der Waals surface area (Å²) in [4.78, 5) is 32.0. The average Bonchev–Trinajstić information content (AvgIpc) is 2.89. The van der Waals surface area contributed by atoms with Crippen molar-refractivity contribution in [2.45, 2.75) is 70.9 Å². The summed E-state index contributed by atoms with van der Waals surface area (Å²) in [6.45, 7) is 8.53. The summed E-state index contributed by atoms with van der Waals surface area (Å²) < 4.78 is 11.8. The minimum absolute atomic E-state index is 0.0119. The van der Waals surface area contributed by atoms with E-state index in [1.165, 1.54) is 6.42 Å². The lowest BCUT2D eigenvalue weighted by atomic mass is 9.75. The molecule has 2 amide bonds. The molecule has 0 aromatic heterocycles. The van der Waals surface area contributed by atoms with Gasteiger partial charge >= 0.3 is 0 Å². The fourth-order valence-corrected chi connectivity index (χ4v) is 6.23. The minimum atomic E-state index is -0.428. The van der Waals surface area contributed by atoms with Crippen LogP contribution in [0.25, 0.3) is 0 Å². The maximum absolute atomic E-state index is 14.4. The van der Waals surface area contributed by atoms with Gasteiger partial charge in [0, 0.05) is 24.7 Å². The number of hydrogen-bond donors (Lipinski definition) is 0. The van der Waals surface area contributed by atoms with Crippen molar-refractivity contribution in [1.29, 1.82) is 0 Å². The van der Waals surface area contributed by atoms with Crippen LogP contribution in [0.4, 0.5) is 0 Å². The van der Waals surface area contributed by atoms with Gasteiger partial charge in [0.2, 0.25) is 5.91 Å². The maximum atomic E-state index is 14.4. The van der Waals surface area contributed by atoms with E-state index in [9.17, 15) is 9.59 Å². The van der Waals surface area contributed by atoms with Crippen molar-refractivity contribution >= 4 is 11.8 Å². The van der Waals surface area contributed by atoms with E-state index in [1.54, 1.807) is 0 Å². The van der Waals surface area contributed by atoms with Gasteiger partial charge in [0.1, 0.15) is 0 Å². The van der Waals surface area contributed by atoms with Gasteiger partial charge in [-0.05, 0) is 80.8 Å². The third-order valence-corrected chi connectivity index (χ3v) is 7.83. The molecule has 2 aromatic rings. The Kier molecular flexibility index (Phi) is 6.72. The smallest absolute Gasteiger partial charge is 0.254 e. The summed E-state index contributed by atoms with van der Waals surface area (Å²) in [5.41, 5.74) is 3.65. The topological polar surface area (TPSA) is 59.1 Å². The lowest BCUT2D eigenvalue weighted by Crippen LogP contribution is -2.53. The van der Waals surface area contributed by atoms with Gasteiger partial charge in [-0.2, -0.15) is 0 Å². The molecule has 6 heteroatoms. The molecule has 5 rings (SSSR count). The van der Waals surface area contributed by atoms with Crippen LogP contribution in [0.2, 0.25) is 0 Å². The van der Waals surface area contributed by atoms with Crippen LogP contribution in [0, 0.1) is 0 Å². The number of ether oxygens (including phenoxy) is 2. The van der Waals surface area contributed by atoms with Gasteiger partial charge in [0.25, 0.3) is 5.91 Å². The molecule has 0 bridgehead atoms. The molecule has 0 spiro atoms. The molecule has 0 saturated carbocycles. The molecule has 0 radical (unpaired) electrons. The fourth-order valence-electron chi connectivity index (χ4n) is 6.23. The molecule has 1 fully saturated rings. The van der Waals surface area contributed by atoms with Crippen molar-refractivity contribution in [3.05, 3.63) is 58.7 Å². The van der Waals surface area contributed by atoms with Crippen LogP contribution in [-0.2, 0) is 11.2 Å². The van der Waals surface area contributed by atoms with E-state index in [-0.39, 0.29) is 23.9 Å². The van der Waals surface area contributed by atoms with Crippen LogP contribution < -0.4 is 9.47 Å². The number of amides is 2. The summed E-state index contributed by atoms with van der Waals surface area (Å²) in [6.07, 6.45) is 4.93. The molecule has 2 aromatic carbocycles. The zero-order valence-electron chi connectivity index (χ0n) is 21.1. The van der Waals surface area contributed by atoms with Crippen LogP contribution in [0.5, 0.6) is 11.5 Å². The van der Waals surface area contributed by atoms with Crippen LogP contribution in [-0.4, -0.2) is 54.0 Å². The Labute approximate surface area is 208 Å². The predicted octanol–water partition coefficient (Wildman–Crippen LogP) is 5.11. The first-order valence-corrected chi connectivity index (χ1v) is 13.2. The number of carbonyl (C=O) groups is 2. The highest BCUT2D eigenvalue weighted by Gasteiger charge is 2.48. The Hall–Kier alpha value is -3.02. The van der Waals surface area contributed by atoms with E-state index in [0.717, 1.165) is 54.7 Å². The SMILES string of the molecule is CCOc1cc2c(cc1OCC)C1C(C(=O)N3CCCCC3CC)c3ccccc3C(=O)N1CC2. The van der Waals surface area contributed by atoms with Crippen LogP contribution in [0.3, 0.4) is 0 Å². The van der Waals surface area contributed by atoms with Crippen molar-refractivity contribution in [2.75, 3.05) is 26.3 Å². The van der Waals surface area contributed by atoms with Gasteiger partial charge in [0.15, 0.2) is 11.5 Å². The first-order chi connectivity index (χ1) is 17.1. The molecule has 3 heterocycles. The molecule has 35 heavy (non-hydrogen) atoms. The summed E-state index contributed by atoms with van der Waals surface area (Å²) in [5, 5.41) is 0. The number of likely N-dealkylation sites (tertiary alicyclic amines) is 1. The Morgan fingerprint density at radius 3 is 2.46 bits per heavy atom. The minimum Gasteiger partial charge on any atom is -0.490 e. The fraction of sp³-hybridized carbons (Fsp3) is 0.517. The lowest BCUT2D eigenvalue weighted by molar-refractivity contribution is -0.138. The molecule has 1 saturated heterocycles. The zero-order chi connectivity index (χ0) is 24.5. The Bertz CT molecular complexity index is 1110. The van der Waals surface area contributed by atoms with Gasteiger partial charge in [-0.25, -0.2) is 0 Å². The predicted molar refractivity (Wildman–Crippen MR) is 135 cm³/mol. The van der Waals surface area contributed by atoms with Crippen LogP contribution in [0.15, 0.2) is 36.4 Å². The van der Waals surface area contributed by atoms with Gasteiger partial charge in [-0.1, -0.05) is 25.1 Å². The maximum Gasteiger partial charge on any atom is 0.254 e. The molecule has 186 valence electrons. The zero-order valence-corrected chi connectivity index (χ0v) is 21.1. The second kappa shape index (κ2) is 9.92. The normalized spacial score (nSPS) is 23.3. The number of hydrogen-bond acceptors (Lipinski definition) is 4. The monoisotopic (exact) mass is 476 g/mol. The van der Waals surface area contributed by atoms with Gasteiger partial charge < -0.3 is 19.3 Å². The van der Waals surface area contributed by atoms with E-state index in [2.05, 4.69) is 17.9 Å². The average molecular weight is 477 g/mol. The molecular weight excluding hydrogens is 440 g/mol. The van der Waals surface area contributed by atoms with Crippen molar-refractivity contribution in [3.63, 3.8) is 0 Å². The Morgan fingerprint density at radius 2 is 1.71 bits per heavy atom. The third kappa shape index (κ3) is 4.07. The molecule has 0 aliphatic carbocycles. The second-order valence-corrected chi connectivity index (χ2v) is 9.71. The summed E-state index contributed by atoms with van der Waals surface area (Å²) in [5.74, 6) is 1.14. The van der Waals surface area contributed by atoms with E-state index in [4.69, 9.17) is 9.47 Å². The highest BCUT2D eigenvalue weighted by Crippen LogP contribution is 2.49. The molecular formula is C29H36N2O4. The summed E-state index contributed by atoms with van der Waals surface area (Å²) >= 11 is 0. The summed E-state index contributed by atoms with van der Waals surface area (Å²) in [6, 6.07) is 11.7. The highest BCUT2D eigenvalue weighted by atomic mass is 16.5. The number of piperidine rings is 1. The number of fused-ring (bicyclic) bond motifs is 4. The number of rotatable bonds is 6. The first kappa shape index (κ1) is 23.7. The quantitative estimate of drug-likeness (QED) is 0.581.